The summed E-state index contributed by atoms with van der Waals surface area (Å²) in [7, 11) is 0. The summed E-state index contributed by atoms with van der Waals surface area (Å²) in [5.74, 6) is 0.541. The van der Waals surface area contributed by atoms with Crippen molar-refractivity contribution < 1.29 is 0 Å². The number of para-hydroxylation sites is 1. The molecule has 0 radical (unpaired) electrons. The number of benzene rings is 1. The zero-order valence-corrected chi connectivity index (χ0v) is 10.1. The number of anilines is 2. The number of aromatic nitrogens is 2. The topological polar surface area (TPSA) is 61.6 Å². The second-order valence-electron chi connectivity index (χ2n) is 3.62. The van der Waals surface area contributed by atoms with Crippen molar-refractivity contribution in [3.05, 3.63) is 48.2 Å². The molecule has 0 aliphatic carbocycles. The molecule has 1 aromatic carbocycles. The molecule has 0 unspecified atom stereocenters. The number of hydrogen-bond donors (Lipinski definition) is 1. The van der Waals surface area contributed by atoms with E-state index in [4.69, 9.17) is 5.26 Å². The van der Waals surface area contributed by atoms with Crippen LogP contribution in [-0.4, -0.2) is 9.97 Å². The van der Waals surface area contributed by atoms with Gasteiger partial charge in [0.05, 0.1) is 15.8 Å². The summed E-state index contributed by atoms with van der Waals surface area (Å²) in [6.45, 7) is 0. The quantitative estimate of drug-likeness (QED) is 0.760. The zero-order valence-electron chi connectivity index (χ0n) is 9.29. The minimum Gasteiger partial charge on any atom is -0.315 e. The molecule has 0 amide bonds. The van der Waals surface area contributed by atoms with Gasteiger partial charge >= 0.3 is 0 Å². The van der Waals surface area contributed by atoms with E-state index in [-0.39, 0.29) is 0 Å². The van der Waals surface area contributed by atoms with Crippen molar-refractivity contribution >= 4 is 32.5 Å². The van der Waals surface area contributed by atoms with Gasteiger partial charge in [0.1, 0.15) is 11.9 Å². The predicted octanol–water partition coefficient (Wildman–Crippen LogP) is 3.31. The van der Waals surface area contributed by atoms with Gasteiger partial charge in [-0.25, -0.2) is 9.97 Å². The molecule has 2 aromatic heterocycles. The fourth-order valence-electron chi connectivity index (χ4n) is 1.62. The molecular formula is C13H8N4S. The van der Waals surface area contributed by atoms with Crippen molar-refractivity contribution in [1.82, 2.24) is 9.97 Å². The Morgan fingerprint density at radius 1 is 1.17 bits per heavy atom. The predicted molar refractivity (Wildman–Crippen MR) is 71.9 cm³/mol. The molecule has 0 saturated carbocycles. The normalized spacial score (nSPS) is 10.2. The molecule has 0 fully saturated rings. The Labute approximate surface area is 108 Å². The zero-order chi connectivity index (χ0) is 12.4. The molecule has 1 N–H and O–H groups in total. The Morgan fingerprint density at radius 3 is 2.89 bits per heavy atom. The molecule has 86 valence electrons. The van der Waals surface area contributed by atoms with E-state index >= 15 is 0 Å². The molecule has 0 atom stereocenters. The second-order valence-corrected chi connectivity index (χ2v) is 4.65. The highest BCUT2D eigenvalue weighted by Crippen LogP contribution is 2.28. The van der Waals surface area contributed by atoms with E-state index in [0.29, 0.717) is 11.4 Å². The van der Waals surface area contributed by atoms with E-state index in [1.165, 1.54) is 11.3 Å². The van der Waals surface area contributed by atoms with Crippen LogP contribution in [0.25, 0.3) is 10.2 Å². The summed E-state index contributed by atoms with van der Waals surface area (Å²) >= 11 is 1.54. The summed E-state index contributed by atoms with van der Waals surface area (Å²) in [6, 6.07) is 13.5. The van der Waals surface area contributed by atoms with Crippen LogP contribution in [-0.2, 0) is 0 Å². The van der Waals surface area contributed by atoms with Gasteiger partial charge in [-0.15, -0.1) is 0 Å². The fourth-order valence-corrected chi connectivity index (χ4v) is 2.49. The number of nitriles is 1. The molecule has 3 aromatic rings. The van der Waals surface area contributed by atoms with E-state index in [9.17, 15) is 0 Å². The van der Waals surface area contributed by atoms with Gasteiger partial charge in [0.15, 0.2) is 5.13 Å². The first-order valence-corrected chi connectivity index (χ1v) is 6.16. The molecule has 0 spiro atoms. The number of nitrogens with zero attached hydrogens (tertiary/aromatic N) is 3. The highest BCUT2D eigenvalue weighted by atomic mass is 32.1. The van der Waals surface area contributed by atoms with Crippen LogP contribution in [0, 0.1) is 11.3 Å². The molecule has 0 bridgehead atoms. The van der Waals surface area contributed by atoms with E-state index in [2.05, 4.69) is 21.4 Å². The highest BCUT2D eigenvalue weighted by Gasteiger charge is 2.06. The Morgan fingerprint density at radius 2 is 2.06 bits per heavy atom. The molecular weight excluding hydrogens is 244 g/mol. The van der Waals surface area contributed by atoms with E-state index in [1.807, 2.05) is 24.3 Å². The molecule has 5 heteroatoms. The van der Waals surface area contributed by atoms with E-state index < -0.39 is 0 Å². The van der Waals surface area contributed by atoms with Gasteiger partial charge in [-0.05, 0) is 24.3 Å². The lowest BCUT2D eigenvalue weighted by atomic mass is 10.3. The average Bonchev–Trinajstić information content (AvgIpc) is 2.81. The van der Waals surface area contributed by atoms with Gasteiger partial charge in [0.25, 0.3) is 0 Å². The lowest BCUT2D eigenvalue weighted by molar-refractivity contribution is 1.28. The molecule has 4 nitrogen and oxygen atoms in total. The maximum Gasteiger partial charge on any atom is 0.189 e. The Bertz CT molecular complexity index is 709. The first-order valence-electron chi connectivity index (χ1n) is 5.34. The monoisotopic (exact) mass is 252 g/mol. The first kappa shape index (κ1) is 10.7. The minimum atomic E-state index is 0.511. The maximum atomic E-state index is 8.99. The van der Waals surface area contributed by atoms with Gasteiger partial charge in [-0.3, -0.25) is 0 Å². The van der Waals surface area contributed by atoms with Crippen LogP contribution in [0.3, 0.4) is 0 Å². The van der Waals surface area contributed by atoms with Crippen molar-refractivity contribution in [2.24, 2.45) is 0 Å². The number of nitrogens with one attached hydrogen (secondary N) is 1. The highest BCUT2D eigenvalue weighted by molar-refractivity contribution is 7.22. The van der Waals surface area contributed by atoms with Gasteiger partial charge in [0, 0.05) is 6.20 Å². The summed E-state index contributed by atoms with van der Waals surface area (Å²) in [5, 5.41) is 12.8. The van der Waals surface area contributed by atoms with Crippen LogP contribution in [0.2, 0.25) is 0 Å². The Kier molecular flexibility index (Phi) is 2.63. The molecule has 3 rings (SSSR count). The third-order valence-electron chi connectivity index (χ3n) is 2.45. The van der Waals surface area contributed by atoms with Crippen molar-refractivity contribution in [1.29, 1.82) is 5.26 Å². The Balaban J connectivity index is 1.99. The summed E-state index contributed by atoms with van der Waals surface area (Å²) in [6.07, 6.45) is 1.65. The Hall–Kier alpha value is -2.45. The van der Waals surface area contributed by atoms with Crippen molar-refractivity contribution in [3.63, 3.8) is 0 Å². The smallest absolute Gasteiger partial charge is 0.189 e. The van der Waals surface area contributed by atoms with Gasteiger partial charge in [0.2, 0.25) is 0 Å². The van der Waals surface area contributed by atoms with E-state index in [1.54, 1.807) is 18.3 Å². The van der Waals surface area contributed by atoms with Crippen LogP contribution >= 0.6 is 11.3 Å². The van der Waals surface area contributed by atoms with Crippen LogP contribution < -0.4 is 5.32 Å². The summed E-state index contributed by atoms with van der Waals surface area (Å²) < 4.78 is 1.11. The van der Waals surface area contributed by atoms with Crippen LogP contribution in [0.5, 0.6) is 0 Å². The molecule has 0 saturated heterocycles. The SMILES string of the molecule is N#Cc1cccnc1Nc1nc2ccccc2s1. The van der Waals surface area contributed by atoms with Crippen molar-refractivity contribution in [2.75, 3.05) is 5.32 Å². The number of fused-ring (bicyclic) bond motifs is 1. The third kappa shape index (κ3) is 1.90. The molecule has 0 aliphatic heterocycles. The van der Waals surface area contributed by atoms with Gasteiger partial charge in [-0.1, -0.05) is 23.5 Å². The summed E-state index contributed by atoms with van der Waals surface area (Å²) in [5.41, 5.74) is 1.45. The number of pyridine rings is 1. The standard InChI is InChI=1S/C13H8N4S/c14-8-9-4-3-7-15-12(9)17-13-16-10-5-1-2-6-11(10)18-13/h1-7H,(H,15,16,17). The number of thiazole rings is 1. The van der Waals surface area contributed by atoms with Gasteiger partial charge in [-0.2, -0.15) is 5.26 Å². The van der Waals surface area contributed by atoms with Gasteiger partial charge < -0.3 is 5.32 Å². The number of hydrogen-bond acceptors (Lipinski definition) is 5. The van der Waals surface area contributed by atoms with Crippen LogP contribution in [0.15, 0.2) is 42.6 Å². The fraction of sp³-hybridized carbons (Fsp3) is 0. The molecule has 2 heterocycles. The molecule has 18 heavy (non-hydrogen) atoms. The first-order chi connectivity index (χ1) is 8.86. The molecule has 0 aliphatic rings. The van der Waals surface area contributed by atoms with Crippen molar-refractivity contribution in [2.45, 2.75) is 0 Å². The third-order valence-corrected chi connectivity index (χ3v) is 3.40. The summed E-state index contributed by atoms with van der Waals surface area (Å²) in [4.78, 5) is 8.59. The lowest BCUT2D eigenvalue weighted by Crippen LogP contribution is -1.95. The second kappa shape index (κ2) is 4.43. The largest absolute Gasteiger partial charge is 0.315 e. The average molecular weight is 252 g/mol. The minimum absolute atomic E-state index is 0.511. The number of rotatable bonds is 2. The van der Waals surface area contributed by atoms with Crippen LogP contribution in [0.1, 0.15) is 5.56 Å². The maximum absolute atomic E-state index is 8.99. The van der Waals surface area contributed by atoms with E-state index in [0.717, 1.165) is 15.3 Å². The van der Waals surface area contributed by atoms with Crippen LogP contribution in [0.4, 0.5) is 10.9 Å². The van der Waals surface area contributed by atoms with Crippen molar-refractivity contribution in [3.8, 4) is 6.07 Å². The lowest BCUT2D eigenvalue weighted by Gasteiger charge is -2.01.